The molecule has 1 aromatic carbocycles. The first-order valence-corrected chi connectivity index (χ1v) is 8.42. The van der Waals surface area contributed by atoms with Gasteiger partial charge in [-0.15, -0.1) is 0 Å². The highest BCUT2D eigenvalue weighted by atomic mass is 32.2. The Bertz CT molecular complexity index is 472. The minimum atomic E-state index is -3.15. The van der Waals surface area contributed by atoms with Crippen molar-refractivity contribution in [3.8, 4) is 0 Å². The van der Waals surface area contributed by atoms with Crippen LogP contribution in [0.3, 0.4) is 0 Å². The molecule has 108 valence electrons. The molecule has 0 fully saturated rings. The number of hydrogen-bond donors (Lipinski definition) is 2. The summed E-state index contributed by atoms with van der Waals surface area (Å²) in [4.78, 5) is 0. The highest BCUT2D eigenvalue weighted by Gasteiger charge is 2.08. The van der Waals surface area contributed by atoms with Gasteiger partial charge >= 0.3 is 0 Å². The topological polar surface area (TPSA) is 58.2 Å². The van der Waals surface area contributed by atoms with E-state index < -0.39 is 10.0 Å². The van der Waals surface area contributed by atoms with Gasteiger partial charge in [-0.05, 0) is 31.9 Å². The second-order valence-electron chi connectivity index (χ2n) is 4.70. The van der Waals surface area contributed by atoms with E-state index in [1.54, 1.807) is 0 Å². The Morgan fingerprint density at radius 3 is 2.63 bits per heavy atom. The molecule has 0 aliphatic heterocycles. The fourth-order valence-electron chi connectivity index (χ4n) is 1.80. The van der Waals surface area contributed by atoms with Crippen molar-refractivity contribution in [1.29, 1.82) is 0 Å². The van der Waals surface area contributed by atoms with E-state index in [9.17, 15) is 8.42 Å². The lowest BCUT2D eigenvalue weighted by Crippen LogP contribution is -2.33. The highest BCUT2D eigenvalue weighted by Crippen LogP contribution is 2.04. The summed E-state index contributed by atoms with van der Waals surface area (Å²) in [5, 5.41) is 3.09. The van der Waals surface area contributed by atoms with Crippen LogP contribution >= 0.6 is 0 Å². The molecule has 0 heterocycles. The van der Waals surface area contributed by atoms with Crippen LogP contribution in [-0.4, -0.2) is 33.8 Å². The van der Waals surface area contributed by atoms with Crippen LogP contribution in [0.5, 0.6) is 0 Å². The van der Waals surface area contributed by atoms with Crippen molar-refractivity contribution in [2.75, 3.05) is 25.4 Å². The fraction of sp³-hybridized carbons (Fsp3) is 0.571. The molecule has 0 unspecified atom stereocenters. The smallest absolute Gasteiger partial charge is 0.212 e. The molecule has 0 spiro atoms. The quantitative estimate of drug-likeness (QED) is 0.675. The van der Waals surface area contributed by atoms with Crippen LogP contribution in [0.2, 0.25) is 0 Å². The second-order valence-corrected chi connectivity index (χ2v) is 6.63. The summed E-state index contributed by atoms with van der Waals surface area (Å²) < 4.78 is 26.0. The molecule has 0 saturated heterocycles. The SMILES string of the molecule is CCCNCCS(=O)(=O)NCCc1cccc(C)c1. The average molecular weight is 284 g/mol. The molecule has 0 atom stereocenters. The maximum atomic E-state index is 11.7. The van der Waals surface area contributed by atoms with E-state index in [-0.39, 0.29) is 5.75 Å². The Balaban J connectivity index is 2.27. The normalized spacial score (nSPS) is 11.7. The predicted octanol–water partition coefficient (Wildman–Crippen LogP) is 1.46. The van der Waals surface area contributed by atoms with E-state index in [0.29, 0.717) is 13.1 Å². The maximum Gasteiger partial charge on any atom is 0.212 e. The Morgan fingerprint density at radius 1 is 1.16 bits per heavy atom. The van der Waals surface area contributed by atoms with Gasteiger partial charge < -0.3 is 5.32 Å². The third kappa shape index (κ3) is 7.30. The molecule has 1 rings (SSSR count). The van der Waals surface area contributed by atoms with Crippen molar-refractivity contribution in [2.45, 2.75) is 26.7 Å². The molecule has 0 aliphatic carbocycles. The predicted molar refractivity (Wildman–Crippen MR) is 79.8 cm³/mol. The summed E-state index contributed by atoms with van der Waals surface area (Å²) in [5.74, 6) is 0.140. The Hall–Kier alpha value is -0.910. The van der Waals surface area contributed by atoms with Crippen LogP contribution in [0.15, 0.2) is 24.3 Å². The van der Waals surface area contributed by atoms with Gasteiger partial charge in [-0.2, -0.15) is 0 Å². The first-order chi connectivity index (χ1) is 9.03. The van der Waals surface area contributed by atoms with Gasteiger partial charge in [0.15, 0.2) is 0 Å². The summed E-state index contributed by atoms with van der Waals surface area (Å²) in [7, 11) is -3.15. The van der Waals surface area contributed by atoms with Gasteiger partial charge in [-0.3, -0.25) is 0 Å². The lowest BCUT2D eigenvalue weighted by molar-refractivity contribution is 0.576. The van der Waals surface area contributed by atoms with Crippen LogP contribution in [-0.2, 0) is 16.4 Å². The molecule has 4 nitrogen and oxygen atoms in total. The van der Waals surface area contributed by atoms with Crippen LogP contribution in [0.25, 0.3) is 0 Å². The van der Waals surface area contributed by atoms with Crippen molar-refractivity contribution in [1.82, 2.24) is 10.0 Å². The van der Waals surface area contributed by atoms with Crippen LogP contribution in [0, 0.1) is 6.92 Å². The lowest BCUT2D eigenvalue weighted by atomic mass is 10.1. The largest absolute Gasteiger partial charge is 0.316 e. The van der Waals surface area contributed by atoms with Crippen LogP contribution < -0.4 is 10.0 Å². The third-order valence-corrected chi connectivity index (χ3v) is 4.18. The van der Waals surface area contributed by atoms with Gasteiger partial charge in [-0.25, -0.2) is 13.1 Å². The van der Waals surface area contributed by atoms with E-state index in [4.69, 9.17) is 0 Å². The average Bonchev–Trinajstić information content (AvgIpc) is 2.35. The molecule has 0 amide bonds. The third-order valence-electron chi connectivity index (χ3n) is 2.79. The number of aryl methyl sites for hydroxylation is 1. The molecule has 19 heavy (non-hydrogen) atoms. The summed E-state index contributed by atoms with van der Waals surface area (Å²) in [5.41, 5.74) is 2.36. The van der Waals surface area contributed by atoms with Gasteiger partial charge in [0.1, 0.15) is 0 Å². The Labute approximate surface area is 116 Å². The minimum absolute atomic E-state index is 0.140. The van der Waals surface area contributed by atoms with Gasteiger partial charge in [0, 0.05) is 13.1 Å². The number of benzene rings is 1. The van der Waals surface area contributed by atoms with Gasteiger partial charge in [0.05, 0.1) is 5.75 Å². The fourth-order valence-corrected chi connectivity index (χ4v) is 2.77. The number of nitrogens with one attached hydrogen (secondary N) is 2. The van der Waals surface area contributed by atoms with E-state index in [1.807, 2.05) is 25.1 Å². The van der Waals surface area contributed by atoms with Crippen molar-refractivity contribution in [3.63, 3.8) is 0 Å². The molecule has 2 N–H and O–H groups in total. The van der Waals surface area contributed by atoms with E-state index in [1.165, 1.54) is 5.56 Å². The molecule has 0 saturated carbocycles. The zero-order valence-corrected chi connectivity index (χ0v) is 12.6. The summed E-state index contributed by atoms with van der Waals surface area (Å²) >= 11 is 0. The molecule has 0 aromatic heterocycles. The van der Waals surface area contributed by atoms with Crippen molar-refractivity contribution in [2.24, 2.45) is 0 Å². The molecular formula is C14H24N2O2S. The molecule has 5 heteroatoms. The molecule has 0 radical (unpaired) electrons. The first-order valence-electron chi connectivity index (χ1n) is 6.77. The van der Waals surface area contributed by atoms with Crippen LogP contribution in [0.1, 0.15) is 24.5 Å². The molecule has 0 bridgehead atoms. The van der Waals surface area contributed by atoms with Crippen LogP contribution in [0.4, 0.5) is 0 Å². The summed E-state index contributed by atoms with van der Waals surface area (Å²) in [6.45, 7) is 5.92. The van der Waals surface area contributed by atoms with E-state index >= 15 is 0 Å². The zero-order chi connectivity index (χ0) is 14.1. The van der Waals surface area contributed by atoms with Gasteiger partial charge in [-0.1, -0.05) is 36.8 Å². The van der Waals surface area contributed by atoms with Gasteiger partial charge in [0.25, 0.3) is 0 Å². The highest BCUT2D eigenvalue weighted by molar-refractivity contribution is 7.89. The number of sulfonamides is 1. The zero-order valence-electron chi connectivity index (χ0n) is 11.8. The van der Waals surface area contributed by atoms with Crippen molar-refractivity contribution < 1.29 is 8.42 Å². The van der Waals surface area contributed by atoms with E-state index in [0.717, 1.165) is 24.9 Å². The van der Waals surface area contributed by atoms with Crippen molar-refractivity contribution >= 4 is 10.0 Å². The maximum absolute atomic E-state index is 11.7. The number of hydrogen-bond acceptors (Lipinski definition) is 3. The molecular weight excluding hydrogens is 260 g/mol. The summed E-state index contributed by atoms with van der Waals surface area (Å²) in [6, 6.07) is 8.13. The van der Waals surface area contributed by atoms with E-state index in [2.05, 4.69) is 23.0 Å². The van der Waals surface area contributed by atoms with Crippen molar-refractivity contribution in [3.05, 3.63) is 35.4 Å². The molecule has 0 aliphatic rings. The lowest BCUT2D eigenvalue weighted by Gasteiger charge is -2.07. The summed E-state index contributed by atoms with van der Waals surface area (Å²) in [6.07, 6.45) is 1.74. The monoisotopic (exact) mass is 284 g/mol. The molecule has 1 aromatic rings. The Kier molecular flexibility index (Phi) is 7.05. The second kappa shape index (κ2) is 8.30. The first kappa shape index (κ1) is 16.1. The minimum Gasteiger partial charge on any atom is -0.316 e. The van der Waals surface area contributed by atoms with Gasteiger partial charge in [0.2, 0.25) is 10.0 Å². The number of rotatable bonds is 9. The standard InChI is InChI=1S/C14H24N2O2S/c1-3-8-15-10-11-19(17,18)16-9-7-14-6-4-5-13(2)12-14/h4-6,12,15-16H,3,7-11H2,1-2H3. The Morgan fingerprint density at radius 2 is 1.95 bits per heavy atom.